The quantitative estimate of drug-likeness (QED) is 0.389. The summed E-state index contributed by atoms with van der Waals surface area (Å²) in [4.78, 5) is 35.2. The van der Waals surface area contributed by atoms with Crippen molar-refractivity contribution < 1.29 is 27.6 Å². The normalized spacial score (nSPS) is 14.2. The van der Waals surface area contributed by atoms with Gasteiger partial charge in [-0.25, -0.2) is 18.0 Å². The Labute approximate surface area is 166 Å². The second-order valence-corrected chi connectivity index (χ2v) is 6.89. The van der Waals surface area contributed by atoms with Crippen molar-refractivity contribution in [2.75, 3.05) is 18.4 Å². The molecule has 1 saturated carbocycles. The van der Waals surface area contributed by atoms with Crippen LogP contribution in [0.3, 0.4) is 0 Å². The molecule has 10 heteroatoms. The van der Waals surface area contributed by atoms with Crippen LogP contribution in [0.1, 0.15) is 44.9 Å². The average Bonchev–Trinajstić information content (AvgIpc) is 2.71. The van der Waals surface area contributed by atoms with E-state index in [4.69, 9.17) is 0 Å². The zero-order valence-electron chi connectivity index (χ0n) is 16.0. The molecule has 0 bridgehead atoms. The summed E-state index contributed by atoms with van der Waals surface area (Å²) >= 11 is 0. The maximum Gasteiger partial charge on any atom is 0.315 e. The van der Waals surface area contributed by atoms with Crippen LogP contribution in [0.25, 0.3) is 0 Å². The molecule has 29 heavy (non-hydrogen) atoms. The summed E-state index contributed by atoms with van der Waals surface area (Å²) in [6.07, 6.45) is 5.84. The number of anilines is 1. The standard InChI is InChI=1S/C19H25F3N4O3/c20-13-8-9-14(18(22)17(13)21)26-16(28)11-24-15(27)7-4-10-23-19(29)25-12-5-2-1-3-6-12/h8-9,12H,1-7,10-11H2,(H,24,27)(H,26,28)(H2,23,25,29). The highest BCUT2D eigenvalue weighted by Gasteiger charge is 2.16. The van der Waals surface area contributed by atoms with Crippen molar-refractivity contribution in [1.29, 1.82) is 0 Å². The van der Waals surface area contributed by atoms with E-state index in [-0.39, 0.29) is 18.5 Å². The molecule has 1 fully saturated rings. The van der Waals surface area contributed by atoms with E-state index in [0.717, 1.165) is 31.7 Å². The van der Waals surface area contributed by atoms with Gasteiger partial charge in [0.2, 0.25) is 11.8 Å². The lowest BCUT2D eigenvalue weighted by Crippen LogP contribution is -2.43. The third-order valence-corrected chi connectivity index (χ3v) is 4.56. The van der Waals surface area contributed by atoms with Crippen LogP contribution in [0, 0.1) is 17.5 Å². The van der Waals surface area contributed by atoms with Crippen molar-refractivity contribution in [1.82, 2.24) is 16.0 Å². The Bertz CT molecular complexity index is 740. The predicted octanol–water partition coefficient (Wildman–Crippen LogP) is 2.57. The highest BCUT2D eigenvalue weighted by atomic mass is 19.2. The van der Waals surface area contributed by atoms with Crippen LogP contribution in [-0.4, -0.2) is 37.0 Å². The fourth-order valence-electron chi connectivity index (χ4n) is 3.02. The lowest BCUT2D eigenvalue weighted by Gasteiger charge is -2.22. The van der Waals surface area contributed by atoms with Gasteiger partial charge < -0.3 is 21.3 Å². The molecular formula is C19H25F3N4O3. The molecule has 0 aliphatic heterocycles. The van der Waals surface area contributed by atoms with Gasteiger partial charge in [-0.3, -0.25) is 9.59 Å². The first-order valence-electron chi connectivity index (χ1n) is 9.61. The molecule has 160 valence electrons. The maximum absolute atomic E-state index is 13.5. The van der Waals surface area contributed by atoms with Crippen LogP contribution in [0.15, 0.2) is 12.1 Å². The molecule has 0 unspecified atom stereocenters. The van der Waals surface area contributed by atoms with Gasteiger partial charge in [0, 0.05) is 19.0 Å². The molecule has 0 atom stereocenters. The molecule has 0 aromatic heterocycles. The number of hydrogen-bond acceptors (Lipinski definition) is 3. The summed E-state index contributed by atoms with van der Waals surface area (Å²) in [5.41, 5.74) is -0.517. The lowest BCUT2D eigenvalue weighted by atomic mass is 9.96. The monoisotopic (exact) mass is 414 g/mol. The molecule has 7 nitrogen and oxygen atoms in total. The van der Waals surface area contributed by atoms with Crippen molar-refractivity contribution in [3.63, 3.8) is 0 Å². The second kappa shape index (κ2) is 11.3. The first-order chi connectivity index (χ1) is 13.9. The SMILES string of the molecule is O=C(CCCNC(=O)NC1CCCCC1)NCC(=O)Nc1ccc(F)c(F)c1F. The Balaban J connectivity index is 1.59. The van der Waals surface area contributed by atoms with Crippen LogP contribution in [0.2, 0.25) is 0 Å². The largest absolute Gasteiger partial charge is 0.347 e. The van der Waals surface area contributed by atoms with E-state index >= 15 is 0 Å². The molecule has 2 rings (SSSR count). The molecule has 4 amide bonds. The Morgan fingerprint density at radius 1 is 0.931 bits per heavy atom. The van der Waals surface area contributed by atoms with Crippen molar-refractivity contribution >= 4 is 23.5 Å². The van der Waals surface area contributed by atoms with E-state index < -0.39 is 41.5 Å². The third-order valence-electron chi connectivity index (χ3n) is 4.56. The van der Waals surface area contributed by atoms with E-state index in [9.17, 15) is 27.6 Å². The van der Waals surface area contributed by atoms with Gasteiger partial charge in [0.05, 0.1) is 12.2 Å². The summed E-state index contributed by atoms with van der Waals surface area (Å²) in [6, 6.07) is 1.51. The number of carbonyl (C=O) groups excluding carboxylic acids is 3. The highest BCUT2D eigenvalue weighted by molar-refractivity contribution is 5.94. The minimum absolute atomic E-state index is 0.0799. The summed E-state index contributed by atoms with van der Waals surface area (Å²) in [5.74, 6) is -5.78. The van der Waals surface area contributed by atoms with E-state index in [2.05, 4.69) is 21.3 Å². The molecule has 1 aromatic rings. The van der Waals surface area contributed by atoms with Gasteiger partial charge in [0.25, 0.3) is 0 Å². The van der Waals surface area contributed by atoms with Gasteiger partial charge >= 0.3 is 6.03 Å². The van der Waals surface area contributed by atoms with E-state index in [1.807, 2.05) is 0 Å². The summed E-state index contributed by atoms with van der Waals surface area (Å²) < 4.78 is 39.4. The van der Waals surface area contributed by atoms with Crippen molar-refractivity contribution in [3.05, 3.63) is 29.6 Å². The van der Waals surface area contributed by atoms with Gasteiger partial charge in [-0.1, -0.05) is 19.3 Å². The van der Waals surface area contributed by atoms with E-state index in [1.54, 1.807) is 0 Å². The molecule has 1 aromatic carbocycles. The minimum Gasteiger partial charge on any atom is -0.347 e. The topological polar surface area (TPSA) is 99.3 Å². The Morgan fingerprint density at radius 2 is 1.66 bits per heavy atom. The van der Waals surface area contributed by atoms with Gasteiger partial charge in [-0.15, -0.1) is 0 Å². The van der Waals surface area contributed by atoms with E-state index in [1.165, 1.54) is 6.42 Å². The van der Waals surface area contributed by atoms with Gasteiger partial charge in [0.15, 0.2) is 17.5 Å². The first-order valence-corrected chi connectivity index (χ1v) is 9.61. The Hall–Kier alpha value is -2.78. The smallest absolute Gasteiger partial charge is 0.315 e. The van der Waals surface area contributed by atoms with Crippen LogP contribution in [0.5, 0.6) is 0 Å². The minimum atomic E-state index is -1.69. The molecule has 0 spiro atoms. The molecule has 0 saturated heterocycles. The number of rotatable bonds is 8. The summed E-state index contributed by atoms with van der Waals surface area (Å²) in [5, 5.41) is 9.97. The third kappa shape index (κ3) is 7.63. The van der Waals surface area contributed by atoms with Crippen LogP contribution >= 0.6 is 0 Å². The van der Waals surface area contributed by atoms with Gasteiger partial charge in [0.1, 0.15) is 0 Å². The van der Waals surface area contributed by atoms with Crippen LogP contribution in [-0.2, 0) is 9.59 Å². The maximum atomic E-state index is 13.5. The van der Waals surface area contributed by atoms with Crippen LogP contribution < -0.4 is 21.3 Å². The van der Waals surface area contributed by atoms with E-state index in [0.29, 0.717) is 19.0 Å². The molecule has 4 N–H and O–H groups in total. The number of amides is 4. The number of nitrogens with one attached hydrogen (secondary N) is 4. The number of benzene rings is 1. The van der Waals surface area contributed by atoms with Gasteiger partial charge in [-0.05, 0) is 31.4 Å². The predicted molar refractivity (Wildman–Crippen MR) is 101 cm³/mol. The molecule has 0 heterocycles. The fourth-order valence-corrected chi connectivity index (χ4v) is 3.02. The zero-order chi connectivity index (χ0) is 21.2. The first kappa shape index (κ1) is 22.5. The number of hydrogen-bond donors (Lipinski definition) is 4. The lowest BCUT2D eigenvalue weighted by molar-refractivity contribution is -0.124. The van der Waals surface area contributed by atoms with Gasteiger partial charge in [-0.2, -0.15) is 0 Å². The van der Waals surface area contributed by atoms with Crippen molar-refractivity contribution in [2.45, 2.75) is 51.0 Å². The molecule has 1 aliphatic rings. The Morgan fingerprint density at radius 3 is 2.38 bits per heavy atom. The number of urea groups is 1. The molecular weight excluding hydrogens is 389 g/mol. The average molecular weight is 414 g/mol. The fraction of sp³-hybridized carbons (Fsp3) is 0.526. The number of halogens is 3. The van der Waals surface area contributed by atoms with Crippen molar-refractivity contribution in [3.8, 4) is 0 Å². The zero-order valence-corrected chi connectivity index (χ0v) is 16.0. The molecule has 1 aliphatic carbocycles. The summed E-state index contributed by atoms with van der Waals surface area (Å²) in [7, 11) is 0. The molecule has 0 radical (unpaired) electrons. The summed E-state index contributed by atoms with van der Waals surface area (Å²) in [6.45, 7) is -0.148. The van der Waals surface area contributed by atoms with Crippen LogP contribution in [0.4, 0.5) is 23.7 Å². The number of carbonyl (C=O) groups is 3. The van der Waals surface area contributed by atoms with Crippen molar-refractivity contribution in [2.24, 2.45) is 0 Å². The second-order valence-electron chi connectivity index (χ2n) is 6.89. The Kier molecular flexibility index (Phi) is 8.75. The highest BCUT2D eigenvalue weighted by Crippen LogP contribution is 2.19.